The molecule has 1 aliphatic heterocycles. The molecule has 1 fully saturated rings. The van der Waals surface area contributed by atoms with E-state index in [9.17, 15) is 4.79 Å². The van der Waals surface area contributed by atoms with Crippen molar-refractivity contribution >= 4 is 5.97 Å². The summed E-state index contributed by atoms with van der Waals surface area (Å²) in [6.07, 6.45) is 0. The highest BCUT2D eigenvalue weighted by atomic mass is 16.6. The van der Waals surface area contributed by atoms with Crippen molar-refractivity contribution in [1.29, 1.82) is 0 Å². The van der Waals surface area contributed by atoms with Crippen molar-refractivity contribution in [1.82, 2.24) is 0 Å². The molecule has 52 valence electrons. The molecule has 0 unspecified atom stereocenters. The van der Waals surface area contributed by atoms with E-state index in [0.717, 1.165) is 0 Å². The minimum atomic E-state index is -1.73. The van der Waals surface area contributed by atoms with Crippen molar-refractivity contribution in [2.75, 3.05) is 0 Å². The lowest BCUT2D eigenvalue weighted by molar-refractivity contribution is -0.216. The molecular weight excluding hydrogens is 124 g/mol. The highest BCUT2D eigenvalue weighted by molar-refractivity contribution is 5.87. The number of hydrogen-bond acceptors (Lipinski definition) is 6. The van der Waals surface area contributed by atoms with E-state index >= 15 is 0 Å². The van der Waals surface area contributed by atoms with Crippen LogP contribution in [0, 0.1) is 0 Å². The molecule has 0 aromatic carbocycles. The van der Waals surface area contributed by atoms with E-state index in [1.165, 1.54) is 0 Å². The maximum atomic E-state index is 10.3. The van der Waals surface area contributed by atoms with Gasteiger partial charge in [-0.05, 0) is 0 Å². The van der Waals surface area contributed by atoms with Crippen LogP contribution in [0.4, 0.5) is 0 Å². The number of rotatable bonds is 0. The summed E-state index contributed by atoms with van der Waals surface area (Å²) in [5, 5.41) is 0. The summed E-state index contributed by atoms with van der Waals surface area (Å²) in [5.74, 6) is -2.49. The van der Waals surface area contributed by atoms with Crippen LogP contribution in [0.3, 0.4) is 0 Å². The number of hydrogen-bond donors (Lipinski definition) is 4. The minimum absolute atomic E-state index is 0.785. The Hall–Kier alpha value is -0.690. The van der Waals surface area contributed by atoms with Crippen LogP contribution >= 0.6 is 0 Å². The van der Waals surface area contributed by atoms with Crippen LogP contribution in [0.15, 0.2) is 0 Å². The summed E-state index contributed by atoms with van der Waals surface area (Å²) in [4.78, 5) is 10.3. The fraction of sp³-hybridized carbons (Fsp3) is 0.667. The van der Waals surface area contributed by atoms with Crippen LogP contribution in [0.5, 0.6) is 0 Å². The number of cyclic esters (lactones) is 1. The van der Waals surface area contributed by atoms with Crippen molar-refractivity contribution < 1.29 is 9.53 Å². The molecule has 0 saturated carbocycles. The van der Waals surface area contributed by atoms with Crippen molar-refractivity contribution in [3.05, 3.63) is 0 Å². The first-order chi connectivity index (χ1) is 3.88. The average Bonchev–Trinajstić information content (AvgIpc) is 1.65. The molecule has 0 atom stereocenters. The third kappa shape index (κ3) is 0.553. The molecule has 1 rings (SSSR count). The van der Waals surface area contributed by atoms with Gasteiger partial charge in [0.1, 0.15) is 0 Å². The van der Waals surface area contributed by atoms with Crippen molar-refractivity contribution in [3.63, 3.8) is 0 Å². The van der Waals surface area contributed by atoms with Crippen LogP contribution in [0.25, 0.3) is 0 Å². The summed E-state index contributed by atoms with van der Waals surface area (Å²) < 4.78 is 4.21. The van der Waals surface area contributed by atoms with Gasteiger partial charge in [0.25, 0.3) is 5.85 Å². The van der Waals surface area contributed by atoms with Gasteiger partial charge >= 0.3 is 5.97 Å². The third-order valence-corrected chi connectivity index (χ3v) is 1.25. The molecule has 1 aliphatic rings. The maximum absolute atomic E-state index is 10.3. The molecular formula is C3H8N4O2. The van der Waals surface area contributed by atoms with E-state index in [1.54, 1.807) is 0 Å². The van der Waals surface area contributed by atoms with E-state index in [4.69, 9.17) is 22.9 Å². The zero-order valence-electron chi connectivity index (χ0n) is 4.63. The molecule has 0 radical (unpaired) electrons. The van der Waals surface area contributed by atoms with Gasteiger partial charge in [-0.3, -0.25) is 22.9 Å². The van der Waals surface area contributed by atoms with Crippen LogP contribution in [-0.4, -0.2) is 17.5 Å². The van der Waals surface area contributed by atoms with Crippen molar-refractivity contribution in [2.45, 2.75) is 11.5 Å². The number of ether oxygens (including phenoxy) is 1. The second-order valence-corrected chi connectivity index (χ2v) is 2.05. The van der Waals surface area contributed by atoms with Gasteiger partial charge in [0.05, 0.1) is 0 Å². The van der Waals surface area contributed by atoms with Crippen LogP contribution in [-0.2, 0) is 9.53 Å². The second-order valence-electron chi connectivity index (χ2n) is 2.05. The van der Waals surface area contributed by atoms with Crippen LogP contribution in [0.1, 0.15) is 0 Å². The second kappa shape index (κ2) is 1.24. The van der Waals surface area contributed by atoms with Gasteiger partial charge in [0.15, 0.2) is 0 Å². The highest BCUT2D eigenvalue weighted by Gasteiger charge is 2.61. The first kappa shape index (κ1) is 6.43. The van der Waals surface area contributed by atoms with Crippen LogP contribution < -0.4 is 22.9 Å². The molecule has 0 amide bonds. The predicted octanol–water partition coefficient (Wildman–Crippen LogP) is -3.27. The van der Waals surface area contributed by atoms with Gasteiger partial charge < -0.3 is 4.74 Å². The van der Waals surface area contributed by atoms with Crippen molar-refractivity contribution in [3.8, 4) is 0 Å². The lowest BCUT2D eigenvalue weighted by atomic mass is 10.0. The van der Waals surface area contributed by atoms with Gasteiger partial charge in [0.2, 0.25) is 5.66 Å². The smallest absolute Gasteiger partial charge is 0.351 e. The Kier molecular flexibility index (Phi) is 0.887. The Bertz CT molecular complexity index is 163. The van der Waals surface area contributed by atoms with Gasteiger partial charge in [-0.2, -0.15) is 0 Å². The molecule has 6 nitrogen and oxygen atoms in total. The standard InChI is InChI=1S/C3H8N4O2/c4-2(5)1(8)9-3(2,6)7/h4-7H2. The normalized spacial score (nSPS) is 28.7. The Morgan fingerprint density at radius 1 is 1.22 bits per heavy atom. The monoisotopic (exact) mass is 132 g/mol. The highest BCUT2D eigenvalue weighted by Crippen LogP contribution is 2.21. The quantitative estimate of drug-likeness (QED) is 0.202. The average molecular weight is 132 g/mol. The molecule has 0 aliphatic carbocycles. The largest absolute Gasteiger partial charge is 0.424 e. The van der Waals surface area contributed by atoms with E-state index in [-0.39, 0.29) is 0 Å². The number of carbonyl (C=O) groups is 1. The SMILES string of the molecule is NC1(N)OC(=O)C1(N)N. The van der Waals surface area contributed by atoms with E-state index in [0.29, 0.717) is 0 Å². The summed E-state index contributed by atoms with van der Waals surface area (Å²) in [6, 6.07) is 0. The Balaban J connectivity index is 2.82. The molecule has 0 bridgehead atoms. The zero-order valence-corrected chi connectivity index (χ0v) is 4.63. The topological polar surface area (TPSA) is 130 Å². The number of nitrogens with two attached hydrogens (primary N) is 4. The first-order valence-electron chi connectivity index (χ1n) is 2.27. The van der Waals surface area contributed by atoms with Crippen molar-refractivity contribution in [2.24, 2.45) is 22.9 Å². The molecule has 0 aromatic heterocycles. The maximum Gasteiger partial charge on any atom is 0.351 e. The summed E-state index contributed by atoms with van der Waals surface area (Å²) in [7, 11) is 0. The summed E-state index contributed by atoms with van der Waals surface area (Å²) in [5.41, 5.74) is 18.6. The lowest BCUT2D eigenvalue weighted by Gasteiger charge is -2.45. The summed E-state index contributed by atoms with van der Waals surface area (Å²) in [6.45, 7) is 0. The third-order valence-electron chi connectivity index (χ3n) is 1.25. The Morgan fingerprint density at radius 3 is 1.67 bits per heavy atom. The molecule has 0 aromatic rings. The molecule has 0 spiro atoms. The number of esters is 1. The fourth-order valence-corrected chi connectivity index (χ4v) is 0.435. The van der Waals surface area contributed by atoms with Gasteiger partial charge in [0, 0.05) is 0 Å². The molecule has 1 saturated heterocycles. The van der Waals surface area contributed by atoms with Gasteiger partial charge in [-0.25, -0.2) is 4.79 Å². The van der Waals surface area contributed by atoms with E-state index in [2.05, 4.69) is 4.74 Å². The van der Waals surface area contributed by atoms with Crippen LogP contribution in [0.2, 0.25) is 0 Å². The molecule has 8 N–H and O–H groups in total. The number of carbonyl (C=O) groups excluding carboxylic acids is 1. The fourth-order valence-electron chi connectivity index (χ4n) is 0.435. The van der Waals surface area contributed by atoms with Gasteiger partial charge in [-0.1, -0.05) is 0 Å². The molecule has 9 heavy (non-hydrogen) atoms. The predicted molar refractivity (Wildman–Crippen MR) is 28.3 cm³/mol. The molecule has 6 heteroatoms. The Labute approximate surface area is 51.1 Å². The zero-order chi connectivity index (χ0) is 7.28. The Morgan fingerprint density at radius 2 is 1.67 bits per heavy atom. The first-order valence-corrected chi connectivity index (χ1v) is 2.27. The van der Waals surface area contributed by atoms with E-state index in [1.807, 2.05) is 0 Å². The summed E-state index contributed by atoms with van der Waals surface area (Å²) >= 11 is 0. The minimum Gasteiger partial charge on any atom is -0.424 e. The lowest BCUT2D eigenvalue weighted by Crippen LogP contribution is -2.89. The van der Waals surface area contributed by atoms with Gasteiger partial charge in [-0.15, -0.1) is 0 Å². The molecule has 1 heterocycles. The van der Waals surface area contributed by atoms with E-state index < -0.39 is 17.5 Å².